The molecule has 1 fully saturated rings. The smallest absolute Gasteiger partial charge is 0.242 e. The summed E-state index contributed by atoms with van der Waals surface area (Å²) in [5.74, 6) is 1.69. The third kappa shape index (κ3) is 3.50. The van der Waals surface area contributed by atoms with Crippen molar-refractivity contribution < 1.29 is 4.74 Å². The molecule has 0 spiro atoms. The Bertz CT molecular complexity index is 451. The van der Waals surface area contributed by atoms with Gasteiger partial charge in [-0.15, -0.1) is 0 Å². The molecule has 20 heavy (non-hydrogen) atoms. The molecular formula is C14H25N5O. The van der Waals surface area contributed by atoms with E-state index < -0.39 is 0 Å². The van der Waals surface area contributed by atoms with Crippen LogP contribution in [0.4, 0.5) is 11.5 Å². The van der Waals surface area contributed by atoms with Crippen LogP contribution in [-0.4, -0.2) is 47.2 Å². The second-order valence-electron chi connectivity index (χ2n) is 5.89. The summed E-state index contributed by atoms with van der Waals surface area (Å²) in [6.07, 6.45) is 2.62. The number of nitrogens with zero attached hydrogens (tertiary/aromatic N) is 3. The minimum Gasteiger partial charge on any atom is -0.473 e. The normalized spacial score (nSPS) is 23.9. The molecule has 1 saturated heterocycles. The van der Waals surface area contributed by atoms with E-state index in [1.165, 1.54) is 6.33 Å². The number of nitrogens with one attached hydrogen (secondary N) is 1. The Morgan fingerprint density at radius 1 is 1.45 bits per heavy atom. The van der Waals surface area contributed by atoms with Gasteiger partial charge in [0.05, 0.1) is 6.10 Å². The quantitative estimate of drug-likeness (QED) is 0.872. The van der Waals surface area contributed by atoms with Crippen LogP contribution in [0.2, 0.25) is 0 Å². The molecule has 2 atom stereocenters. The molecule has 1 aliphatic rings. The van der Waals surface area contributed by atoms with Crippen molar-refractivity contribution in [3.05, 3.63) is 6.33 Å². The van der Waals surface area contributed by atoms with E-state index in [0.29, 0.717) is 29.3 Å². The maximum Gasteiger partial charge on any atom is 0.242 e. The summed E-state index contributed by atoms with van der Waals surface area (Å²) in [6, 6.07) is 0.385. The fourth-order valence-electron chi connectivity index (χ4n) is 2.56. The van der Waals surface area contributed by atoms with Gasteiger partial charge in [-0.05, 0) is 39.8 Å². The van der Waals surface area contributed by atoms with E-state index in [0.717, 1.165) is 19.5 Å². The molecule has 1 aromatic heterocycles. The van der Waals surface area contributed by atoms with Gasteiger partial charge in [-0.25, -0.2) is 4.98 Å². The van der Waals surface area contributed by atoms with E-state index in [9.17, 15) is 0 Å². The number of rotatable bonds is 4. The van der Waals surface area contributed by atoms with Crippen molar-refractivity contribution in [2.75, 3.05) is 31.2 Å². The van der Waals surface area contributed by atoms with Crippen LogP contribution in [0.3, 0.4) is 0 Å². The number of nitrogens with two attached hydrogens (primary N) is 1. The lowest BCUT2D eigenvalue weighted by atomic mass is 9.94. The van der Waals surface area contributed by atoms with Gasteiger partial charge in [0, 0.05) is 12.6 Å². The maximum absolute atomic E-state index is 6.10. The number of likely N-dealkylation sites (tertiary alicyclic amines) is 1. The Balaban J connectivity index is 2.09. The van der Waals surface area contributed by atoms with Crippen LogP contribution in [0, 0.1) is 5.92 Å². The highest BCUT2D eigenvalue weighted by Gasteiger charge is 2.25. The van der Waals surface area contributed by atoms with Gasteiger partial charge in [0.15, 0.2) is 5.82 Å². The van der Waals surface area contributed by atoms with E-state index in [1.54, 1.807) is 0 Å². The number of aromatic nitrogens is 2. The Labute approximate surface area is 120 Å². The van der Waals surface area contributed by atoms with Crippen molar-refractivity contribution >= 4 is 11.5 Å². The molecule has 0 bridgehead atoms. The van der Waals surface area contributed by atoms with Gasteiger partial charge in [-0.3, -0.25) is 0 Å². The van der Waals surface area contributed by atoms with Gasteiger partial charge < -0.3 is 20.7 Å². The first-order chi connectivity index (χ1) is 9.47. The molecule has 1 aromatic rings. The summed E-state index contributed by atoms with van der Waals surface area (Å²) < 4.78 is 5.59. The van der Waals surface area contributed by atoms with Gasteiger partial charge in [-0.2, -0.15) is 4.98 Å². The molecule has 2 rings (SSSR count). The van der Waals surface area contributed by atoms with E-state index in [1.807, 2.05) is 13.8 Å². The first-order valence-corrected chi connectivity index (χ1v) is 7.19. The van der Waals surface area contributed by atoms with Crippen molar-refractivity contribution in [3.8, 4) is 5.88 Å². The van der Waals surface area contributed by atoms with Crippen LogP contribution in [0.15, 0.2) is 6.33 Å². The highest BCUT2D eigenvalue weighted by atomic mass is 16.5. The number of nitrogen functional groups attached to an aromatic ring is 1. The summed E-state index contributed by atoms with van der Waals surface area (Å²) in [7, 11) is 2.15. The van der Waals surface area contributed by atoms with Gasteiger partial charge in [0.1, 0.15) is 12.0 Å². The molecule has 6 heteroatoms. The third-order valence-corrected chi connectivity index (χ3v) is 3.63. The number of hydrogen-bond acceptors (Lipinski definition) is 6. The van der Waals surface area contributed by atoms with Crippen LogP contribution in [0.5, 0.6) is 5.88 Å². The molecular weight excluding hydrogens is 254 g/mol. The average molecular weight is 279 g/mol. The zero-order valence-corrected chi connectivity index (χ0v) is 12.8. The topological polar surface area (TPSA) is 76.3 Å². The van der Waals surface area contributed by atoms with E-state index in [-0.39, 0.29) is 6.10 Å². The zero-order chi connectivity index (χ0) is 14.7. The Morgan fingerprint density at radius 3 is 2.85 bits per heavy atom. The van der Waals surface area contributed by atoms with Crippen molar-refractivity contribution in [1.82, 2.24) is 14.9 Å². The lowest BCUT2D eigenvalue weighted by Crippen LogP contribution is -2.43. The summed E-state index contributed by atoms with van der Waals surface area (Å²) in [5, 5.41) is 3.45. The van der Waals surface area contributed by atoms with Crippen LogP contribution in [0.25, 0.3) is 0 Å². The number of hydrogen-bond donors (Lipinski definition) is 2. The molecule has 2 unspecified atom stereocenters. The minimum absolute atomic E-state index is 0.0438. The predicted octanol–water partition coefficient (Wildman–Crippen LogP) is 1.60. The predicted molar refractivity (Wildman–Crippen MR) is 80.9 cm³/mol. The summed E-state index contributed by atoms with van der Waals surface area (Å²) in [4.78, 5) is 10.7. The summed E-state index contributed by atoms with van der Waals surface area (Å²) >= 11 is 0. The maximum atomic E-state index is 6.10. The Morgan fingerprint density at radius 2 is 2.20 bits per heavy atom. The summed E-state index contributed by atoms with van der Waals surface area (Å²) in [5.41, 5.74) is 6.59. The third-order valence-electron chi connectivity index (χ3n) is 3.63. The SMILES string of the molecule is CC(C)Oc1ncnc(NC2CCN(C)CC2C)c1N. The lowest BCUT2D eigenvalue weighted by Gasteiger charge is -2.35. The second-order valence-corrected chi connectivity index (χ2v) is 5.89. The Hall–Kier alpha value is -1.56. The van der Waals surface area contributed by atoms with Gasteiger partial charge in [-0.1, -0.05) is 6.92 Å². The highest BCUT2D eigenvalue weighted by Crippen LogP contribution is 2.28. The first kappa shape index (κ1) is 14.8. The van der Waals surface area contributed by atoms with Crippen molar-refractivity contribution in [3.63, 3.8) is 0 Å². The molecule has 0 radical (unpaired) electrons. The lowest BCUT2D eigenvalue weighted by molar-refractivity contribution is 0.206. The Kier molecular flexibility index (Phi) is 4.65. The van der Waals surface area contributed by atoms with Crippen LogP contribution < -0.4 is 15.8 Å². The number of anilines is 2. The zero-order valence-electron chi connectivity index (χ0n) is 12.8. The van der Waals surface area contributed by atoms with Crippen molar-refractivity contribution in [2.45, 2.75) is 39.3 Å². The molecule has 6 nitrogen and oxygen atoms in total. The monoisotopic (exact) mass is 279 g/mol. The molecule has 112 valence electrons. The van der Waals surface area contributed by atoms with Crippen LogP contribution >= 0.6 is 0 Å². The molecule has 3 N–H and O–H groups in total. The molecule has 2 heterocycles. The van der Waals surface area contributed by atoms with Gasteiger partial charge in [0.2, 0.25) is 5.88 Å². The fourth-order valence-corrected chi connectivity index (χ4v) is 2.56. The number of piperidine rings is 1. The largest absolute Gasteiger partial charge is 0.473 e. The summed E-state index contributed by atoms with van der Waals surface area (Å²) in [6.45, 7) is 8.32. The molecule has 1 aliphatic heterocycles. The molecule has 0 saturated carbocycles. The van der Waals surface area contributed by atoms with Crippen LogP contribution in [0.1, 0.15) is 27.2 Å². The van der Waals surface area contributed by atoms with Gasteiger partial charge >= 0.3 is 0 Å². The first-order valence-electron chi connectivity index (χ1n) is 7.19. The second kappa shape index (κ2) is 6.26. The average Bonchev–Trinajstić information content (AvgIpc) is 2.36. The van der Waals surface area contributed by atoms with Crippen molar-refractivity contribution in [1.29, 1.82) is 0 Å². The van der Waals surface area contributed by atoms with E-state index in [4.69, 9.17) is 10.5 Å². The van der Waals surface area contributed by atoms with Crippen LogP contribution in [-0.2, 0) is 0 Å². The van der Waals surface area contributed by atoms with Gasteiger partial charge in [0.25, 0.3) is 0 Å². The molecule has 0 aliphatic carbocycles. The number of ether oxygens (including phenoxy) is 1. The van der Waals surface area contributed by atoms with E-state index in [2.05, 4.69) is 34.2 Å². The van der Waals surface area contributed by atoms with E-state index >= 15 is 0 Å². The molecule has 0 aromatic carbocycles. The van der Waals surface area contributed by atoms with Crippen molar-refractivity contribution in [2.24, 2.45) is 5.92 Å². The standard InChI is InChI=1S/C14H25N5O/c1-9(2)20-14-12(15)13(16-8-17-14)18-11-5-6-19(4)7-10(11)3/h8-11H,5-7,15H2,1-4H3,(H,16,17,18). The fraction of sp³-hybridized carbons (Fsp3) is 0.714. The highest BCUT2D eigenvalue weighted by molar-refractivity contribution is 5.66. The molecule has 0 amide bonds. The minimum atomic E-state index is 0.0438.